The second-order valence-electron chi connectivity index (χ2n) is 5.16. The molecule has 0 bridgehead atoms. The summed E-state index contributed by atoms with van der Waals surface area (Å²) in [5.41, 5.74) is 3.76. The van der Waals surface area contributed by atoms with Crippen LogP contribution in [0.15, 0.2) is 48.7 Å². The van der Waals surface area contributed by atoms with Crippen LogP contribution in [-0.4, -0.2) is 4.57 Å². The Labute approximate surface area is 129 Å². The summed E-state index contributed by atoms with van der Waals surface area (Å²) in [5, 5.41) is 1.99. The summed E-state index contributed by atoms with van der Waals surface area (Å²) in [6.07, 6.45) is 2.18. The molecule has 3 aromatic rings. The molecule has 0 spiro atoms. The van der Waals surface area contributed by atoms with Crippen LogP contribution >= 0.6 is 11.6 Å². The fourth-order valence-electron chi connectivity index (χ4n) is 2.72. The molecule has 0 N–H and O–H groups in total. The third kappa shape index (κ3) is 2.77. The van der Waals surface area contributed by atoms with Gasteiger partial charge in [-0.1, -0.05) is 29.8 Å². The fraction of sp³-hybridized carbons (Fsp3) is 0.222. The molecule has 0 aliphatic heterocycles. The summed E-state index contributed by atoms with van der Waals surface area (Å²) in [6.45, 7) is 5.81. The van der Waals surface area contributed by atoms with E-state index in [1.807, 2.05) is 24.3 Å². The van der Waals surface area contributed by atoms with Crippen molar-refractivity contribution in [1.29, 1.82) is 0 Å². The van der Waals surface area contributed by atoms with Gasteiger partial charge in [-0.05, 0) is 43.7 Å². The maximum Gasteiger partial charge on any atom is 0.121 e. The maximum atomic E-state index is 5.99. The first-order valence-corrected chi connectivity index (χ1v) is 7.52. The molecule has 0 saturated carbocycles. The van der Waals surface area contributed by atoms with Crippen LogP contribution in [0.5, 0.6) is 5.75 Å². The van der Waals surface area contributed by atoms with Gasteiger partial charge in [0, 0.05) is 34.2 Å². The monoisotopic (exact) mass is 299 g/mol. The lowest BCUT2D eigenvalue weighted by molar-refractivity contribution is 0.307. The lowest BCUT2D eigenvalue weighted by Gasteiger charge is -2.06. The van der Waals surface area contributed by atoms with Crippen LogP contribution in [0.25, 0.3) is 10.9 Å². The van der Waals surface area contributed by atoms with E-state index in [4.69, 9.17) is 16.3 Å². The first kappa shape index (κ1) is 14.0. The second-order valence-corrected chi connectivity index (χ2v) is 5.59. The second kappa shape index (κ2) is 5.82. The molecular weight excluding hydrogens is 282 g/mol. The van der Waals surface area contributed by atoms with Crippen LogP contribution < -0.4 is 4.74 Å². The van der Waals surface area contributed by atoms with Crippen molar-refractivity contribution in [3.63, 3.8) is 0 Å². The maximum absolute atomic E-state index is 5.99. The number of fused-ring (bicyclic) bond motifs is 1. The van der Waals surface area contributed by atoms with Gasteiger partial charge in [0.25, 0.3) is 0 Å². The van der Waals surface area contributed by atoms with E-state index < -0.39 is 0 Å². The Hall–Kier alpha value is -1.93. The lowest BCUT2D eigenvalue weighted by Crippen LogP contribution is -1.95. The minimum absolute atomic E-state index is 0.550. The highest BCUT2D eigenvalue weighted by molar-refractivity contribution is 6.30. The van der Waals surface area contributed by atoms with Gasteiger partial charge in [0.15, 0.2) is 0 Å². The summed E-state index contributed by atoms with van der Waals surface area (Å²) in [4.78, 5) is 0. The Kier molecular flexibility index (Phi) is 3.89. The van der Waals surface area contributed by atoms with Gasteiger partial charge in [-0.2, -0.15) is 0 Å². The number of halogens is 1. The minimum atomic E-state index is 0.550. The molecule has 3 rings (SSSR count). The minimum Gasteiger partial charge on any atom is -0.489 e. The SMILES string of the molecule is CCn1cc(COc2cccc(Cl)c2)c2c(C)cccc21. The van der Waals surface area contributed by atoms with Crippen LogP contribution in [0.1, 0.15) is 18.1 Å². The van der Waals surface area contributed by atoms with E-state index in [0.717, 1.165) is 12.3 Å². The molecule has 2 aromatic carbocycles. The molecule has 0 unspecified atom stereocenters. The molecule has 0 saturated heterocycles. The Morgan fingerprint density at radius 3 is 2.71 bits per heavy atom. The van der Waals surface area contributed by atoms with Crippen LogP contribution in [0, 0.1) is 6.92 Å². The Morgan fingerprint density at radius 2 is 1.95 bits per heavy atom. The van der Waals surface area contributed by atoms with Crippen molar-refractivity contribution >= 4 is 22.5 Å². The number of aromatic nitrogens is 1. The molecule has 1 aromatic heterocycles. The molecule has 2 nitrogen and oxygen atoms in total. The van der Waals surface area contributed by atoms with Gasteiger partial charge in [0.1, 0.15) is 12.4 Å². The van der Waals surface area contributed by atoms with E-state index in [1.165, 1.54) is 22.0 Å². The van der Waals surface area contributed by atoms with Gasteiger partial charge in [-0.25, -0.2) is 0 Å². The molecule has 0 aliphatic rings. The summed E-state index contributed by atoms with van der Waals surface area (Å²) >= 11 is 5.99. The predicted molar refractivity (Wildman–Crippen MR) is 88.1 cm³/mol. The topological polar surface area (TPSA) is 14.2 Å². The Morgan fingerprint density at radius 1 is 1.14 bits per heavy atom. The number of ether oxygens (including phenoxy) is 1. The third-order valence-electron chi connectivity index (χ3n) is 3.72. The summed E-state index contributed by atoms with van der Waals surface area (Å²) < 4.78 is 8.16. The average Bonchev–Trinajstić information content (AvgIpc) is 2.85. The quantitative estimate of drug-likeness (QED) is 0.645. The number of aryl methyl sites for hydroxylation is 2. The molecule has 21 heavy (non-hydrogen) atoms. The van der Waals surface area contributed by atoms with Crippen molar-refractivity contribution < 1.29 is 4.74 Å². The van der Waals surface area contributed by atoms with Crippen LogP contribution in [0.4, 0.5) is 0 Å². The van der Waals surface area contributed by atoms with E-state index in [0.29, 0.717) is 11.6 Å². The summed E-state index contributed by atoms with van der Waals surface area (Å²) in [6, 6.07) is 13.9. The summed E-state index contributed by atoms with van der Waals surface area (Å²) in [7, 11) is 0. The van der Waals surface area contributed by atoms with Crippen molar-refractivity contribution in [2.24, 2.45) is 0 Å². The van der Waals surface area contributed by atoms with Crippen molar-refractivity contribution in [3.8, 4) is 5.75 Å². The van der Waals surface area contributed by atoms with Crippen LogP contribution in [0.2, 0.25) is 5.02 Å². The molecule has 0 radical (unpaired) electrons. The highest BCUT2D eigenvalue weighted by atomic mass is 35.5. The van der Waals surface area contributed by atoms with Gasteiger partial charge in [-0.15, -0.1) is 0 Å². The molecule has 0 atom stereocenters. The first-order valence-electron chi connectivity index (χ1n) is 7.14. The van der Waals surface area contributed by atoms with Gasteiger partial charge in [0.2, 0.25) is 0 Å². The largest absolute Gasteiger partial charge is 0.489 e. The number of nitrogens with zero attached hydrogens (tertiary/aromatic N) is 1. The van der Waals surface area contributed by atoms with E-state index >= 15 is 0 Å². The van der Waals surface area contributed by atoms with Crippen molar-refractivity contribution in [1.82, 2.24) is 4.57 Å². The zero-order valence-corrected chi connectivity index (χ0v) is 13.0. The molecule has 3 heteroatoms. The van der Waals surface area contributed by atoms with Crippen molar-refractivity contribution in [3.05, 3.63) is 64.8 Å². The number of benzene rings is 2. The van der Waals surface area contributed by atoms with E-state index in [1.54, 1.807) is 0 Å². The zero-order valence-electron chi connectivity index (χ0n) is 12.3. The number of hydrogen-bond donors (Lipinski definition) is 0. The predicted octanol–water partition coefficient (Wildman–Crippen LogP) is 5.20. The average molecular weight is 300 g/mol. The van der Waals surface area contributed by atoms with Gasteiger partial charge in [0.05, 0.1) is 0 Å². The molecule has 0 fully saturated rings. The van der Waals surface area contributed by atoms with Crippen LogP contribution in [0.3, 0.4) is 0 Å². The van der Waals surface area contributed by atoms with Crippen molar-refractivity contribution in [2.45, 2.75) is 27.0 Å². The lowest BCUT2D eigenvalue weighted by atomic mass is 10.1. The molecular formula is C18H18ClNO. The Balaban J connectivity index is 1.94. The van der Waals surface area contributed by atoms with E-state index in [2.05, 4.69) is 42.8 Å². The normalized spacial score (nSPS) is 11.0. The number of rotatable bonds is 4. The molecule has 108 valence electrons. The van der Waals surface area contributed by atoms with Gasteiger partial charge >= 0.3 is 0 Å². The highest BCUT2D eigenvalue weighted by Crippen LogP contribution is 2.26. The zero-order chi connectivity index (χ0) is 14.8. The van der Waals surface area contributed by atoms with Gasteiger partial charge < -0.3 is 9.30 Å². The standard InChI is InChI=1S/C18H18ClNO/c1-3-20-11-14(18-13(2)6-4-9-17(18)20)12-21-16-8-5-7-15(19)10-16/h4-11H,3,12H2,1-2H3. The van der Waals surface area contributed by atoms with Crippen molar-refractivity contribution in [2.75, 3.05) is 0 Å². The smallest absolute Gasteiger partial charge is 0.121 e. The van der Waals surface area contributed by atoms with E-state index in [-0.39, 0.29) is 0 Å². The fourth-order valence-corrected chi connectivity index (χ4v) is 2.90. The molecule has 0 aliphatic carbocycles. The molecule has 0 amide bonds. The first-order chi connectivity index (χ1) is 10.2. The van der Waals surface area contributed by atoms with E-state index in [9.17, 15) is 0 Å². The Bertz CT molecular complexity index is 776. The molecule has 1 heterocycles. The third-order valence-corrected chi connectivity index (χ3v) is 3.96. The highest BCUT2D eigenvalue weighted by Gasteiger charge is 2.10. The summed E-state index contributed by atoms with van der Waals surface area (Å²) in [5.74, 6) is 0.800. The van der Waals surface area contributed by atoms with Gasteiger partial charge in [-0.3, -0.25) is 0 Å². The number of hydrogen-bond acceptors (Lipinski definition) is 1. The van der Waals surface area contributed by atoms with Crippen LogP contribution in [-0.2, 0) is 13.2 Å².